The maximum absolute atomic E-state index is 11.1. The molecule has 0 aliphatic carbocycles. The van der Waals surface area contributed by atoms with Crippen LogP contribution in [0.4, 0.5) is 0 Å². The van der Waals surface area contributed by atoms with Crippen molar-refractivity contribution in [1.82, 2.24) is 0 Å². The van der Waals surface area contributed by atoms with Crippen LogP contribution in [0.25, 0.3) is 0 Å². The first-order chi connectivity index (χ1) is 7.13. The lowest BCUT2D eigenvalue weighted by Gasteiger charge is -2.07. The van der Waals surface area contributed by atoms with Crippen LogP contribution in [-0.4, -0.2) is 12.5 Å². The molecule has 0 radical (unpaired) electrons. The lowest BCUT2D eigenvalue weighted by Crippen LogP contribution is -2.13. The highest BCUT2D eigenvalue weighted by Gasteiger charge is 2.04. The summed E-state index contributed by atoms with van der Waals surface area (Å²) in [5, 5.41) is 0. The molecule has 3 nitrogen and oxygen atoms in total. The van der Waals surface area contributed by atoms with E-state index in [9.17, 15) is 4.79 Å². The van der Waals surface area contributed by atoms with Crippen LogP contribution in [-0.2, 0) is 4.79 Å². The van der Waals surface area contributed by atoms with E-state index >= 15 is 0 Å². The highest BCUT2D eigenvalue weighted by Crippen LogP contribution is 2.18. The SMILES string of the molecule is CC(C)c1ccc(OC(=O)CCN)cc1. The van der Waals surface area contributed by atoms with Crippen LogP contribution in [0.2, 0.25) is 0 Å². The topological polar surface area (TPSA) is 52.3 Å². The smallest absolute Gasteiger partial charge is 0.312 e. The number of carbonyl (C=O) groups excluding carboxylic acids is 1. The zero-order chi connectivity index (χ0) is 11.3. The van der Waals surface area contributed by atoms with Crippen molar-refractivity contribution in [2.45, 2.75) is 26.2 Å². The van der Waals surface area contributed by atoms with Gasteiger partial charge in [-0.2, -0.15) is 0 Å². The molecule has 0 saturated heterocycles. The molecule has 0 saturated carbocycles. The first-order valence-corrected chi connectivity index (χ1v) is 5.14. The summed E-state index contributed by atoms with van der Waals surface area (Å²) in [6, 6.07) is 7.55. The second-order valence-corrected chi connectivity index (χ2v) is 3.74. The first-order valence-electron chi connectivity index (χ1n) is 5.14. The third-order valence-corrected chi connectivity index (χ3v) is 2.13. The minimum atomic E-state index is -0.283. The fraction of sp³-hybridized carbons (Fsp3) is 0.417. The Labute approximate surface area is 90.2 Å². The molecule has 0 aromatic heterocycles. The van der Waals surface area contributed by atoms with Gasteiger partial charge in [0.25, 0.3) is 0 Å². The van der Waals surface area contributed by atoms with E-state index in [0.717, 1.165) is 0 Å². The molecule has 0 heterocycles. The molecule has 0 aliphatic rings. The molecule has 15 heavy (non-hydrogen) atoms. The largest absolute Gasteiger partial charge is 0.426 e. The second kappa shape index (κ2) is 5.51. The van der Waals surface area contributed by atoms with Crippen molar-refractivity contribution < 1.29 is 9.53 Å². The molecule has 3 heteroatoms. The van der Waals surface area contributed by atoms with Gasteiger partial charge in [-0.15, -0.1) is 0 Å². The molecule has 2 N–H and O–H groups in total. The summed E-state index contributed by atoms with van der Waals surface area (Å²) in [6.07, 6.45) is 0.256. The molecule has 0 amide bonds. The summed E-state index contributed by atoms with van der Waals surface area (Å²) in [5.74, 6) is 0.784. The zero-order valence-corrected chi connectivity index (χ0v) is 9.19. The Kier molecular flexibility index (Phi) is 4.31. The Morgan fingerprint density at radius 3 is 2.40 bits per heavy atom. The van der Waals surface area contributed by atoms with Crippen LogP contribution in [0.15, 0.2) is 24.3 Å². The lowest BCUT2D eigenvalue weighted by molar-refractivity contribution is -0.134. The van der Waals surface area contributed by atoms with Crippen molar-refractivity contribution in [3.05, 3.63) is 29.8 Å². The van der Waals surface area contributed by atoms with Gasteiger partial charge in [0.05, 0.1) is 6.42 Å². The third-order valence-electron chi connectivity index (χ3n) is 2.13. The summed E-state index contributed by atoms with van der Waals surface area (Å²) in [4.78, 5) is 11.1. The van der Waals surface area contributed by atoms with E-state index in [4.69, 9.17) is 10.5 Å². The van der Waals surface area contributed by atoms with E-state index in [1.54, 1.807) is 0 Å². The van der Waals surface area contributed by atoms with Crippen LogP contribution in [0.5, 0.6) is 5.75 Å². The predicted octanol–water partition coefficient (Wildman–Crippen LogP) is 2.06. The fourth-order valence-electron chi connectivity index (χ4n) is 1.22. The van der Waals surface area contributed by atoms with Crippen LogP contribution in [0, 0.1) is 0 Å². The number of nitrogens with two attached hydrogens (primary N) is 1. The predicted molar refractivity (Wildman–Crippen MR) is 59.8 cm³/mol. The van der Waals surface area contributed by atoms with Gasteiger partial charge in [-0.25, -0.2) is 0 Å². The molecule has 1 aromatic carbocycles. The number of hydrogen-bond donors (Lipinski definition) is 1. The number of benzene rings is 1. The van der Waals surface area contributed by atoms with Crippen LogP contribution in [0.1, 0.15) is 31.7 Å². The Morgan fingerprint density at radius 2 is 1.93 bits per heavy atom. The van der Waals surface area contributed by atoms with Gasteiger partial charge in [0.15, 0.2) is 0 Å². The van der Waals surface area contributed by atoms with E-state index in [2.05, 4.69) is 13.8 Å². The molecule has 0 atom stereocenters. The summed E-state index contributed by atoms with van der Waals surface area (Å²) >= 11 is 0. The van der Waals surface area contributed by atoms with E-state index in [0.29, 0.717) is 18.2 Å². The van der Waals surface area contributed by atoms with E-state index < -0.39 is 0 Å². The fourth-order valence-corrected chi connectivity index (χ4v) is 1.22. The third kappa shape index (κ3) is 3.72. The minimum absolute atomic E-state index is 0.256. The van der Waals surface area contributed by atoms with Gasteiger partial charge in [-0.05, 0) is 23.6 Å². The molecule has 0 bridgehead atoms. The number of esters is 1. The van der Waals surface area contributed by atoms with Crippen molar-refractivity contribution in [2.24, 2.45) is 5.73 Å². The monoisotopic (exact) mass is 207 g/mol. The molecule has 1 aromatic rings. The maximum atomic E-state index is 11.1. The Balaban J connectivity index is 2.60. The highest BCUT2D eigenvalue weighted by atomic mass is 16.5. The highest BCUT2D eigenvalue weighted by molar-refractivity contribution is 5.72. The van der Waals surface area contributed by atoms with Gasteiger partial charge in [0.2, 0.25) is 0 Å². The molecule has 1 rings (SSSR count). The second-order valence-electron chi connectivity index (χ2n) is 3.74. The number of hydrogen-bond acceptors (Lipinski definition) is 3. The van der Waals surface area contributed by atoms with E-state index in [1.165, 1.54) is 5.56 Å². The van der Waals surface area contributed by atoms with Crippen molar-refractivity contribution >= 4 is 5.97 Å². The standard InChI is InChI=1S/C12H17NO2/c1-9(2)10-3-5-11(6-4-10)15-12(14)7-8-13/h3-6,9H,7-8,13H2,1-2H3. The van der Waals surface area contributed by atoms with E-state index in [-0.39, 0.29) is 12.4 Å². The molecule has 0 aliphatic heterocycles. The van der Waals surface area contributed by atoms with Gasteiger partial charge in [-0.3, -0.25) is 4.79 Å². The molecular formula is C12H17NO2. The number of carbonyl (C=O) groups is 1. The van der Waals surface area contributed by atoms with Gasteiger partial charge < -0.3 is 10.5 Å². The van der Waals surface area contributed by atoms with Gasteiger partial charge >= 0.3 is 5.97 Å². The first kappa shape index (κ1) is 11.7. The molecule has 0 spiro atoms. The van der Waals surface area contributed by atoms with E-state index in [1.807, 2.05) is 24.3 Å². The molecule has 0 unspecified atom stereocenters. The molecule has 0 fully saturated rings. The Hall–Kier alpha value is -1.35. The van der Waals surface area contributed by atoms with Gasteiger partial charge in [0.1, 0.15) is 5.75 Å². The Morgan fingerprint density at radius 1 is 1.33 bits per heavy atom. The minimum Gasteiger partial charge on any atom is -0.426 e. The summed E-state index contributed by atoms with van der Waals surface area (Å²) in [6.45, 7) is 4.56. The van der Waals surface area contributed by atoms with Crippen LogP contribution >= 0.6 is 0 Å². The molecular weight excluding hydrogens is 190 g/mol. The lowest BCUT2D eigenvalue weighted by atomic mass is 10.0. The molecule has 82 valence electrons. The average Bonchev–Trinajstić information content (AvgIpc) is 2.18. The van der Waals surface area contributed by atoms with Crippen molar-refractivity contribution in [3.63, 3.8) is 0 Å². The zero-order valence-electron chi connectivity index (χ0n) is 9.19. The summed E-state index contributed by atoms with van der Waals surface area (Å²) < 4.78 is 5.07. The van der Waals surface area contributed by atoms with Gasteiger partial charge in [-0.1, -0.05) is 26.0 Å². The number of rotatable bonds is 4. The van der Waals surface area contributed by atoms with Crippen molar-refractivity contribution in [1.29, 1.82) is 0 Å². The maximum Gasteiger partial charge on any atom is 0.312 e. The van der Waals surface area contributed by atoms with Crippen LogP contribution < -0.4 is 10.5 Å². The number of ether oxygens (including phenoxy) is 1. The van der Waals surface area contributed by atoms with Gasteiger partial charge in [0, 0.05) is 6.54 Å². The normalized spacial score (nSPS) is 10.4. The summed E-state index contributed by atoms with van der Waals surface area (Å²) in [7, 11) is 0. The average molecular weight is 207 g/mol. The van der Waals surface area contributed by atoms with Crippen molar-refractivity contribution in [3.8, 4) is 5.75 Å². The van der Waals surface area contributed by atoms with Crippen molar-refractivity contribution in [2.75, 3.05) is 6.54 Å². The summed E-state index contributed by atoms with van der Waals surface area (Å²) in [5.41, 5.74) is 6.48. The quantitative estimate of drug-likeness (QED) is 0.607. The van der Waals surface area contributed by atoms with Crippen LogP contribution in [0.3, 0.4) is 0 Å². The Bertz CT molecular complexity index is 317.